The van der Waals surface area contributed by atoms with Crippen molar-refractivity contribution >= 4 is 0 Å². The number of hydrogen-bond donors (Lipinski definition) is 1. The van der Waals surface area contributed by atoms with Gasteiger partial charge in [0.25, 0.3) is 0 Å². The molecule has 1 atom stereocenters. The van der Waals surface area contributed by atoms with Gasteiger partial charge in [-0.3, -0.25) is 4.84 Å². The van der Waals surface area contributed by atoms with E-state index in [2.05, 4.69) is 5.48 Å². The molecule has 1 unspecified atom stereocenters. The van der Waals surface area contributed by atoms with E-state index < -0.39 is 0 Å². The summed E-state index contributed by atoms with van der Waals surface area (Å²) < 4.78 is 10.0. The van der Waals surface area contributed by atoms with Crippen molar-refractivity contribution in [2.45, 2.75) is 13.0 Å². The maximum atomic E-state index is 5.18. The lowest BCUT2D eigenvalue weighted by molar-refractivity contribution is -0.0126. The molecule has 13 heavy (non-hydrogen) atoms. The van der Waals surface area contributed by atoms with Gasteiger partial charge in [0.05, 0.1) is 25.5 Å². The van der Waals surface area contributed by atoms with Crippen LogP contribution in [0.3, 0.4) is 0 Å². The Morgan fingerprint density at radius 3 is 3.00 bits per heavy atom. The first-order valence-corrected chi connectivity index (χ1v) is 4.24. The van der Waals surface area contributed by atoms with Crippen LogP contribution in [0.2, 0.25) is 0 Å². The van der Waals surface area contributed by atoms with E-state index in [9.17, 15) is 0 Å². The maximum Gasteiger partial charge on any atom is 0.122 e. The van der Waals surface area contributed by atoms with Crippen LogP contribution in [0.15, 0.2) is 22.8 Å². The number of rotatable bonds is 6. The average Bonchev–Trinajstić information content (AvgIpc) is 2.65. The fourth-order valence-electron chi connectivity index (χ4n) is 0.905. The molecule has 0 aromatic carbocycles. The summed E-state index contributed by atoms with van der Waals surface area (Å²) in [5.74, 6) is 0.859. The predicted molar refractivity (Wildman–Crippen MR) is 48.1 cm³/mol. The largest absolute Gasteiger partial charge is 0.468 e. The zero-order valence-electron chi connectivity index (χ0n) is 7.95. The average molecular weight is 185 g/mol. The molecule has 0 spiro atoms. The van der Waals surface area contributed by atoms with Gasteiger partial charge in [0.1, 0.15) is 5.76 Å². The van der Waals surface area contributed by atoms with E-state index in [1.807, 2.05) is 19.1 Å². The Bertz CT molecular complexity index is 211. The Kier molecular flexibility index (Phi) is 4.53. The van der Waals surface area contributed by atoms with Crippen LogP contribution in [0.5, 0.6) is 0 Å². The number of methoxy groups -OCH3 is 1. The molecule has 1 aromatic rings. The molecular weight excluding hydrogens is 170 g/mol. The van der Waals surface area contributed by atoms with Crippen LogP contribution in [0.4, 0.5) is 0 Å². The van der Waals surface area contributed by atoms with Crippen molar-refractivity contribution in [2.24, 2.45) is 0 Å². The van der Waals surface area contributed by atoms with E-state index in [1.165, 1.54) is 0 Å². The Labute approximate surface area is 77.8 Å². The van der Waals surface area contributed by atoms with Gasteiger partial charge >= 0.3 is 0 Å². The lowest BCUT2D eigenvalue weighted by atomic mass is 10.3. The fraction of sp³-hybridized carbons (Fsp3) is 0.556. The zero-order valence-corrected chi connectivity index (χ0v) is 7.95. The molecule has 0 saturated carbocycles. The van der Waals surface area contributed by atoms with E-state index >= 15 is 0 Å². The fourth-order valence-corrected chi connectivity index (χ4v) is 0.905. The standard InChI is InChI=1S/C9H15NO3/c1-8(9-4-3-5-12-9)10-13-7-6-11-2/h3-5,8,10H,6-7H2,1-2H3. The lowest BCUT2D eigenvalue weighted by Gasteiger charge is -2.10. The van der Waals surface area contributed by atoms with Gasteiger partial charge < -0.3 is 9.15 Å². The van der Waals surface area contributed by atoms with Crippen LogP contribution in [0.25, 0.3) is 0 Å². The first-order chi connectivity index (χ1) is 6.34. The molecular formula is C9H15NO3. The minimum absolute atomic E-state index is 0.0619. The van der Waals surface area contributed by atoms with Crippen LogP contribution in [0.1, 0.15) is 18.7 Å². The topological polar surface area (TPSA) is 43.6 Å². The monoisotopic (exact) mass is 185 g/mol. The summed E-state index contributed by atoms with van der Waals surface area (Å²) in [7, 11) is 1.64. The molecule has 4 nitrogen and oxygen atoms in total. The summed E-state index contributed by atoms with van der Waals surface area (Å²) >= 11 is 0. The molecule has 0 radical (unpaired) electrons. The number of nitrogens with one attached hydrogen (secondary N) is 1. The van der Waals surface area contributed by atoms with E-state index in [1.54, 1.807) is 13.4 Å². The van der Waals surface area contributed by atoms with E-state index in [0.717, 1.165) is 5.76 Å². The highest BCUT2D eigenvalue weighted by Gasteiger charge is 2.06. The molecule has 0 amide bonds. The molecule has 0 aliphatic heterocycles. The molecule has 1 rings (SSSR count). The maximum absolute atomic E-state index is 5.18. The van der Waals surface area contributed by atoms with E-state index in [-0.39, 0.29) is 6.04 Å². The summed E-state index contributed by atoms with van der Waals surface area (Å²) in [6.07, 6.45) is 1.64. The van der Waals surface area contributed by atoms with Gasteiger partial charge in [0.2, 0.25) is 0 Å². The minimum Gasteiger partial charge on any atom is -0.468 e. The molecule has 0 saturated heterocycles. The van der Waals surface area contributed by atoms with Crippen LogP contribution in [-0.2, 0) is 9.57 Å². The van der Waals surface area contributed by atoms with Gasteiger partial charge in [-0.25, -0.2) is 0 Å². The third-order valence-electron chi connectivity index (χ3n) is 1.62. The van der Waals surface area contributed by atoms with Crippen molar-refractivity contribution in [3.05, 3.63) is 24.2 Å². The molecule has 74 valence electrons. The molecule has 1 N–H and O–H groups in total. The Morgan fingerprint density at radius 2 is 2.38 bits per heavy atom. The summed E-state index contributed by atoms with van der Waals surface area (Å²) in [6, 6.07) is 3.81. The van der Waals surface area contributed by atoms with Gasteiger partial charge in [-0.1, -0.05) is 0 Å². The summed E-state index contributed by atoms with van der Waals surface area (Å²) in [6.45, 7) is 3.07. The Hall–Kier alpha value is -0.840. The minimum atomic E-state index is 0.0619. The summed E-state index contributed by atoms with van der Waals surface area (Å²) in [5.41, 5.74) is 2.85. The molecule has 1 aromatic heterocycles. The summed E-state index contributed by atoms with van der Waals surface area (Å²) in [4.78, 5) is 5.12. The first-order valence-electron chi connectivity index (χ1n) is 4.24. The summed E-state index contributed by atoms with van der Waals surface area (Å²) in [5, 5.41) is 0. The number of furan rings is 1. The number of hydroxylamine groups is 1. The highest BCUT2D eigenvalue weighted by atomic mass is 16.7. The Morgan fingerprint density at radius 1 is 1.54 bits per heavy atom. The highest BCUT2D eigenvalue weighted by Crippen LogP contribution is 2.11. The van der Waals surface area contributed by atoms with E-state index in [0.29, 0.717) is 13.2 Å². The van der Waals surface area contributed by atoms with Crippen LogP contribution in [-0.4, -0.2) is 20.3 Å². The number of hydrogen-bond acceptors (Lipinski definition) is 4. The van der Waals surface area contributed by atoms with Crippen molar-refractivity contribution in [2.75, 3.05) is 20.3 Å². The van der Waals surface area contributed by atoms with Crippen molar-refractivity contribution in [3.63, 3.8) is 0 Å². The molecule has 0 bridgehead atoms. The smallest absolute Gasteiger partial charge is 0.122 e. The SMILES string of the molecule is COCCONC(C)c1ccco1. The third-order valence-corrected chi connectivity index (χ3v) is 1.62. The molecule has 0 aliphatic rings. The third kappa shape index (κ3) is 3.59. The molecule has 0 aliphatic carbocycles. The van der Waals surface area contributed by atoms with Gasteiger partial charge in [-0.15, -0.1) is 0 Å². The second-order valence-electron chi connectivity index (χ2n) is 2.70. The van der Waals surface area contributed by atoms with Gasteiger partial charge in [0, 0.05) is 7.11 Å². The normalized spacial score (nSPS) is 13.1. The second kappa shape index (κ2) is 5.75. The molecule has 1 heterocycles. The first kappa shape index (κ1) is 10.2. The zero-order chi connectivity index (χ0) is 9.52. The van der Waals surface area contributed by atoms with Gasteiger partial charge in [-0.05, 0) is 19.1 Å². The van der Waals surface area contributed by atoms with Crippen LogP contribution in [0, 0.1) is 0 Å². The van der Waals surface area contributed by atoms with Crippen LogP contribution < -0.4 is 5.48 Å². The van der Waals surface area contributed by atoms with Crippen molar-refractivity contribution < 1.29 is 14.0 Å². The van der Waals surface area contributed by atoms with Crippen molar-refractivity contribution in [1.29, 1.82) is 0 Å². The quantitative estimate of drug-likeness (QED) is 0.539. The molecule has 4 heteroatoms. The van der Waals surface area contributed by atoms with Crippen molar-refractivity contribution in [1.82, 2.24) is 5.48 Å². The van der Waals surface area contributed by atoms with Crippen LogP contribution >= 0.6 is 0 Å². The Balaban J connectivity index is 2.15. The lowest BCUT2D eigenvalue weighted by Crippen LogP contribution is -2.20. The van der Waals surface area contributed by atoms with Gasteiger partial charge in [-0.2, -0.15) is 5.48 Å². The number of ether oxygens (including phenoxy) is 1. The highest BCUT2D eigenvalue weighted by molar-refractivity contribution is 5.01. The second-order valence-corrected chi connectivity index (χ2v) is 2.70. The van der Waals surface area contributed by atoms with E-state index in [4.69, 9.17) is 14.0 Å². The predicted octanol–water partition coefficient (Wildman–Crippen LogP) is 1.51. The van der Waals surface area contributed by atoms with Crippen molar-refractivity contribution in [3.8, 4) is 0 Å². The molecule has 0 fully saturated rings. The van der Waals surface area contributed by atoms with Gasteiger partial charge in [0.15, 0.2) is 0 Å².